The first-order valence-electron chi connectivity index (χ1n) is 13.2. The Hall–Kier alpha value is -1.88. The van der Waals surface area contributed by atoms with Crippen molar-refractivity contribution in [2.24, 2.45) is 11.7 Å². The zero-order valence-corrected chi connectivity index (χ0v) is 21.2. The van der Waals surface area contributed by atoms with E-state index in [4.69, 9.17) is 5.73 Å². The number of halogens is 1. The van der Waals surface area contributed by atoms with Gasteiger partial charge in [-0.2, -0.15) is 0 Å². The van der Waals surface area contributed by atoms with Gasteiger partial charge in [-0.3, -0.25) is 4.98 Å². The molecule has 0 bridgehead atoms. The third-order valence-electron chi connectivity index (χ3n) is 8.10. The predicted octanol–water partition coefficient (Wildman–Crippen LogP) is 6.42. The smallest absolute Gasteiger partial charge is 0.0483 e. The van der Waals surface area contributed by atoms with Gasteiger partial charge in [-0.1, -0.05) is 43.5 Å². The number of para-hydroxylation sites is 1. The van der Waals surface area contributed by atoms with Crippen molar-refractivity contribution in [1.82, 2.24) is 14.9 Å². The van der Waals surface area contributed by atoms with Crippen molar-refractivity contribution >= 4 is 23.3 Å². The van der Waals surface area contributed by atoms with E-state index in [1.165, 1.54) is 67.0 Å². The molecule has 3 aromatic rings. The third-order valence-corrected chi connectivity index (χ3v) is 8.10. The maximum absolute atomic E-state index is 6.11. The van der Waals surface area contributed by atoms with Crippen LogP contribution in [0.3, 0.4) is 0 Å². The van der Waals surface area contributed by atoms with E-state index in [-0.39, 0.29) is 12.4 Å². The first kappa shape index (κ1) is 25.2. The summed E-state index contributed by atoms with van der Waals surface area (Å²) in [6, 6.07) is 14.4. The Morgan fingerprint density at radius 1 is 0.971 bits per heavy atom. The molecule has 4 nitrogen and oxygen atoms in total. The van der Waals surface area contributed by atoms with Crippen LogP contribution in [0.1, 0.15) is 81.3 Å². The Kier molecular flexibility index (Phi) is 9.04. The number of hydrogen-bond acceptors (Lipinski definition) is 3. The maximum atomic E-state index is 6.11. The number of benzene rings is 1. The van der Waals surface area contributed by atoms with Crippen LogP contribution in [0.25, 0.3) is 10.9 Å². The van der Waals surface area contributed by atoms with Gasteiger partial charge in [-0.25, -0.2) is 0 Å². The van der Waals surface area contributed by atoms with E-state index in [0.717, 1.165) is 38.3 Å². The van der Waals surface area contributed by atoms with Gasteiger partial charge in [0.25, 0.3) is 0 Å². The summed E-state index contributed by atoms with van der Waals surface area (Å²) in [6.45, 7) is 2.18. The Morgan fingerprint density at radius 2 is 1.76 bits per heavy atom. The molecule has 0 aliphatic heterocycles. The lowest BCUT2D eigenvalue weighted by Crippen LogP contribution is -2.38. The molecule has 0 saturated heterocycles. The summed E-state index contributed by atoms with van der Waals surface area (Å²) >= 11 is 0. The second kappa shape index (κ2) is 12.2. The maximum Gasteiger partial charge on any atom is 0.0483 e. The fourth-order valence-electron chi connectivity index (χ4n) is 6.19. The Bertz CT molecular complexity index is 1000. The van der Waals surface area contributed by atoms with E-state index in [9.17, 15) is 0 Å². The van der Waals surface area contributed by atoms with E-state index in [0.29, 0.717) is 18.0 Å². The molecule has 184 valence electrons. The number of pyridine rings is 1. The van der Waals surface area contributed by atoms with Crippen molar-refractivity contribution in [3.63, 3.8) is 0 Å². The largest absolute Gasteiger partial charge is 0.347 e. The van der Waals surface area contributed by atoms with Gasteiger partial charge >= 0.3 is 0 Å². The molecule has 2 aliphatic rings. The molecule has 1 unspecified atom stereocenters. The molecule has 0 radical (unpaired) electrons. The Balaban J connectivity index is 0.00000274. The molecule has 0 spiro atoms. The highest BCUT2D eigenvalue weighted by Crippen LogP contribution is 2.36. The van der Waals surface area contributed by atoms with Crippen molar-refractivity contribution in [3.05, 3.63) is 66.1 Å². The molecule has 2 saturated carbocycles. The summed E-state index contributed by atoms with van der Waals surface area (Å²) in [7, 11) is 0. The number of hydrogen-bond donors (Lipinski definition) is 2. The number of aromatic nitrogens is 2. The molecule has 0 amide bonds. The summed E-state index contributed by atoms with van der Waals surface area (Å²) in [5.74, 6) is 1.17. The molecule has 2 aromatic heterocycles. The summed E-state index contributed by atoms with van der Waals surface area (Å²) in [5, 5.41) is 5.26. The fourth-order valence-corrected chi connectivity index (χ4v) is 6.19. The summed E-state index contributed by atoms with van der Waals surface area (Å²) in [5.41, 5.74) is 10.3. The van der Waals surface area contributed by atoms with Crippen molar-refractivity contribution < 1.29 is 0 Å². The van der Waals surface area contributed by atoms with Crippen LogP contribution in [0.4, 0.5) is 0 Å². The average molecular weight is 481 g/mol. The zero-order valence-electron chi connectivity index (χ0n) is 20.4. The van der Waals surface area contributed by atoms with Crippen LogP contribution in [-0.2, 0) is 6.54 Å². The molecule has 5 heteroatoms. The van der Waals surface area contributed by atoms with Crippen molar-refractivity contribution in [3.8, 4) is 0 Å². The lowest BCUT2D eigenvalue weighted by Gasteiger charge is -2.27. The fraction of sp³-hybridized carbons (Fsp3) is 0.552. The molecule has 34 heavy (non-hydrogen) atoms. The van der Waals surface area contributed by atoms with Crippen LogP contribution in [0, 0.1) is 5.92 Å². The molecule has 2 heterocycles. The first-order chi connectivity index (χ1) is 16.3. The van der Waals surface area contributed by atoms with Gasteiger partial charge in [0.2, 0.25) is 0 Å². The van der Waals surface area contributed by atoms with Crippen LogP contribution in [0.5, 0.6) is 0 Å². The van der Waals surface area contributed by atoms with Gasteiger partial charge in [0.1, 0.15) is 0 Å². The van der Waals surface area contributed by atoms with Crippen LogP contribution in [0.15, 0.2) is 55.0 Å². The van der Waals surface area contributed by atoms with Gasteiger partial charge in [0.15, 0.2) is 0 Å². The third kappa shape index (κ3) is 6.02. The highest BCUT2D eigenvalue weighted by Gasteiger charge is 2.23. The van der Waals surface area contributed by atoms with Crippen LogP contribution < -0.4 is 11.1 Å². The van der Waals surface area contributed by atoms with Crippen molar-refractivity contribution in [2.75, 3.05) is 6.54 Å². The van der Waals surface area contributed by atoms with Gasteiger partial charge in [-0.05, 0) is 80.7 Å². The number of nitrogens with two attached hydrogens (primary N) is 1. The van der Waals surface area contributed by atoms with Crippen molar-refractivity contribution in [1.29, 1.82) is 0 Å². The molecule has 5 rings (SSSR count). The lowest BCUT2D eigenvalue weighted by molar-refractivity contribution is 0.322. The minimum atomic E-state index is 0. The van der Waals surface area contributed by atoms with Gasteiger partial charge in [0.05, 0.1) is 0 Å². The summed E-state index contributed by atoms with van der Waals surface area (Å²) in [4.78, 5) is 4.48. The quantitative estimate of drug-likeness (QED) is 0.391. The topological polar surface area (TPSA) is 55.9 Å². The molecule has 3 N–H and O–H groups in total. The van der Waals surface area contributed by atoms with Crippen LogP contribution in [0.2, 0.25) is 0 Å². The average Bonchev–Trinajstić information content (AvgIpc) is 3.22. The van der Waals surface area contributed by atoms with Crippen LogP contribution in [-0.4, -0.2) is 28.2 Å². The normalized spacial score (nSPS) is 22.4. The summed E-state index contributed by atoms with van der Waals surface area (Å²) in [6.07, 6.45) is 19.2. The lowest BCUT2D eigenvalue weighted by atomic mass is 9.88. The van der Waals surface area contributed by atoms with E-state index in [1.807, 2.05) is 6.20 Å². The predicted molar refractivity (Wildman–Crippen MR) is 145 cm³/mol. The number of nitrogens with zero attached hydrogens (tertiary/aromatic N) is 2. The van der Waals surface area contributed by atoms with Gasteiger partial charge < -0.3 is 15.6 Å². The minimum absolute atomic E-state index is 0. The Morgan fingerprint density at radius 3 is 2.53 bits per heavy atom. The molecule has 1 atom stereocenters. The van der Waals surface area contributed by atoms with E-state index < -0.39 is 0 Å². The standard InChI is InChI=1S/C29H40N4.ClH/c30-24-12-14-25(15-13-24)32-18-16-26(23-9-6-17-31-19-23)28-21-33(20-22-7-2-1-3-8-22)29-11-5-4-10-27(28)29;/h4-6,9-11,17,19,21-22,24-26,32H,1-3,7-8,12-16,18,20,30H2;1H. The molecular weight excluding hydrogens is 440 g/mol. The molecule has 2 aliphatic carbocycles. The highest BCUT2D eigenvalue weighted by molar-refractivity contribution is 5.85. The molecule has 1 aromatic carbocycles. The van der Waals surface area contributed by atoms with Gasteiger partial charge in [-0.15, -0.1) is 12.4 Å². The van der Waals surface area contributed by atoms with Crippen molar-refractivity contribution in [2.45, 2.75) is 88.8 Å². The van der Waals surface area contributed by atoms with E-state index >= 15 is 0 Å². The SMILES string of the molecule is Cl.NC1CCC(NCCC(c2cccnc2)c2cn(CC3CCCCC3)c3ccccc23)CC1. The van der Waals surface area contributed by atoms with Gasteiger partial charge in [0, 0.05) is 54.0 Å². The number of fused-ring (bicyclic) bond motifs is 1. The Labute approximate surface area is 211 Å². The zero-order chi connectivity index (χ0) is 22.5. The molecular formula is C29H41ClN4. The second-order valence-electron chi connectivity index (χ2n) is 10.5. The molecule has 2 fully saturated rings. The van der Waals surface area contributed by atoms with E-state index in [1.54, 1.807) is 0 Å². The highest BCUT2D eigenvalue weighted by atomic mass is 35.5. The summed E-state index contributed by atoms with van der Waals surface area (Å²) < 4.78 is 2.56. The monoisotopic (exact) mass is 480 g/mol. The number of rotatable bonds is 8. The number of nitrogens with one attached hydrogen (secondary N) is 1. The second-order valence-corrected chi connectivity index (χ2v) is 10.5. The van der Waals surface area contributed by atoms with E-state index in [2.05, 4.69) is 63.7 Å². The van der Waals surface area contributed by atoms with Crippen LogP contribution >= 0.6 is 12.4 Å². The first-order valence-corrected chi connectivity index (χ1v) is 13.2. The minimum Gasteiger partial charge on any atom is -0.347 e.